The van der Waals surface area contributed by atoms with Gasteiger partial charge < -0.3 is 18.9 Å². The Labute approximate surface area is 181 Å². The Morgan fingerprint density at radius 3 is 0.969 bits per heavy atom. The van der Waals surface area contributed by atoms with E-state index < -0.39 is 11.6 Å². The second kappa shape index (κ2) is 7.12. The summed E-state index contributed by atoms with van der Waals surface area (Å²) in [7, 11) is 5.99. The van der Waals surface area contributed by atoms with E-state index in [9.17, 15) is 9.59 Å². The highest BCUT2D eigenvalue weighted by Gasteiger charge is 2.36. The lowest BCUT2D eigenvalue weighted by atomic mass is 9.97. The van der Waals surface area contributed by atoms with Crippen LogP contribution in [0.2, 0.25) is 0 Å². The minimum Gasteiger partial charge on any atom is -0.493 e. The number of ketones is 2. The van der Waals surface area contributed by atoms with Gasteiger partial charge in [0.15, 0.2) is 23.0 Å². The van der Waals surface area contributed by atoms with Crippen LogP contribution in [0.4, 0.5) is 0 Å². The lowest BCUT2D eigenvalue weighted by Gasteiger charge is -2.17. The molecule has 2 aromatic carbocycles. The number of hydrogen-bond donors (Lipinski definition) is 0. The Kier molecular flexibility index (Phi) is 4.36. The van der Waals surface area contributed by atoms with Crippen molar-refractivity contribution >= 4 is 33.6 Å². The summed E-state index contributed by atoms with van der Waals surface area (Å²) >= 11 is 0. The van der Waals surface area contributed by atoms with E-state index in [0.717, 1.165) is 0 Å². The van der Waals surface area contributed by atoms with E-state index in [1.165, 1.54) is 28.4 Å². The molecular formula is C22H16N4O6. The van der Waals surface area contributed by atoms with Crippen molar-refractivity contribution in [3.8, 4) is 34.4 Å². The molecule has 2 heterocycles. The van der Waals surface area contributed by atoms with Gasteiger partial charge in [-0.3, -0.25) is 9.59 Å². The number of hydrogen-bond acceptors (Lipinski definition) is 10. The second-order valence-electron chi connectivity index (χ2n) is 6.89. The van der Waals surface area contributed by atoms with Crippen LogP contribution in [0.1, 0.15) is 21.0 Å². The van der Waals surface area contributed by atoms with E-state index in [2.05, 4.69) is 19.9 Å². The van der Waals surface area contributed by atoms with Crippen LogP contribution < -0.4 is 18.9 Å². The van der Waals surface area contributed by atoms with Crippen molar-refractivity contribution < 1.29 is 28.5 Å². The molecule has 10 nitrogen and oxygen atoms in total. The molecule has 5 rings (SSSR count). The highest BCUT2D eigenvalue weighted by Crippen LogP contribution is 2.37. The number of benzene rings is 2. The van der Waals surface area contributed by atoms with Gasteiger partial charge >= 0.3 is 0 Å². The highest BCUT2D eigenvalue weighted by atomic mass is 16.5. The Morgan fingerprint density at radius 1 is 0.469 bits per heavy atom. The monoisotopic (exact) mass is 432 g/mol. The predicted octanol–water partition coefficient (Wildman–Crippen LogP) is 2.65. The summed E-state index contributed by atoms with van der Waals surface area (Å²) in [4.78, 5) is 43.6. The first kappa shape index (κ1) is 19.6. The Bertz CT molecular complexity index is 1360. The molecule has 160 valence electrons. The molecule has 0 unspecified atom stereocenters. The van der Waals surface area contributed by atoms with E-state index in [-0.39, 0.29) is 22.8 Å². The average molecular weight is 432 g/mol. The van der Waals surface area contributed by atoms with Crippen LogP contribution in [-0.2, 0) is 0 Å². The van der Waals surface area contributed by atoms with Crippen molar-refractivity contribution in [2.45, 2.75) is 0 Å². The lowest BCUT2D eigenvalue weighted by Crippen LogP contribution is -2.25. The summed E-state index contributed by atoms with van der Waals surface area (Å²) in [5.41, 5.74) is 1.83. The molecule has 1 aliphatic carbocycles. The maximum Gasteiger partial charge on any atom is 0.255 e. The topological polar surface area (TPSA) is 123 Å². The predicted molar refractivity (Wildman–Crippen MR) is 113 cm³/mol. The Hall–Kier alpha value is -4.34. The average Bonchev–Trinajstić information content (AvgIpc) is 2.83. The molecule has 0 atom stereocenters. The standard InChI is InChI=1S/C22H16N4O6/c1-29-13-5-9-11(7-15(13)31-3)25-19-17(23-9)18-20(22(28)21(19)27)26-12-8-16(32-4)14(30-2)6-10(12)24-18/h5-8H,1-4H3. The van der Waals surface area contributed by atoms with E-state index in [1.54, 1.807) is 24.3 Å². The zero-order chi connectivity index (χ0) is 22.6. The van der Waals surface area contributed by atoms with Crippen LogP contribution in [0, 0.1) is 0 Å². The van der Waals surface area contributed by atoms with Crippen molar-refractivity contribution in [1.82, 2.24) is 19.9 Å². The summed E-state index contributed by atoms with van der Waals surface area (Å²) in [6.45, 7) is 0. The van der Waals surface area contributed by atoms with Gasteiger partial charge in [0.25, 0.3) is 11.6 Å². The van der Waals surface area contributed by atoms with Crippen LogP contribution in [0.3, 0.4) is 0 Å². The fourth-order valence-corrected chi connectivity index (χ4v) is 3.63. The maximum atomic E-state index is 12.8. The molecule has 0 radical (unpaired) electrons. The molecule has 0 fully saturated rings. The lowest BCUT2D eigenvalue weighted by molar-refractivity contribution is 0.0809. The molecule has 0 N–H and O–H groups in total. The van der Waals surface area contributed by atoms with Crippen molar-refractivity contribution in [1.29, 1.82) is 0 Å². The quantitative estimate of drug-likeness (QED) is 0.445. The molecule has 2 aromatic heterocycles. The molecule has 0 saturated heterocycles. The Morgan fingerprint density at radius 2 is 0.719 bits per heavy atom. The number of nitrogens with zero attached hydrogens (tertiary/aromatic N) is 4. The van der Waals surface area contributed by atoms with Crippen LogP contribution >= 0.6 is 0 Å². The number of aromatic nitrogens is 4. The van der Waals surface area contributed by atoms with Gasteiger partial charge in [0.1, 0.15) is 22.8 Å². The normalized spacial score (nSPS) is 12.5. The van der Waals surface area contributed by atoms with Crippen LogP contribution in [0.15, 0.2) is 24.3 Å². The SMILES string of the molecule is COc1cc2nc3c(nc2cc1OC)-c1nc2cc(OC)c(OC)cc2nc1C(=O)C3=O. The number of Topliss-reactive ketones (excluding diaryl/α,β-unsaturated/α-hetero) is 2. The van der Waals surface area contributed by atoms with Crippen molar-refractivity contribution in [2.75, 3.05) is 28.4 Å². The van der Waals surface area contributed by atoms with E-state index >= 15 is 0 Å². The third-order valence-electron chi connectivity index (χ3n) is 5.20. The molecule has 0 bridgehead atoms. The summed E-state index contributed by atoms with van der Waals surface area (Å²) in [6, 6.07) is 6.48. The van der Waals surface area contributed by atoms with E-state index in [1.807, 2.05) is 0 Å². The van der Waals surface area contributed by atoms with E-state index in [0.29, 0.717) is 45.1 Å². The first-order valence-electron chi connectivity index (χ1n) is 9.46. The molecule has 1 aliphatic rings. The number of rotatable bonds is 4. The van der Waals surface area contributed by atoms with Crippen molar-refractivity contribution in [2.24, 2.45) is 0 Å². The van der Waals surface area contributed by atoms with Gasteiger partial charge in [-0.1, -0.05) is 0 Å². The Balaban J connectivity index is 1.82. The molecule has 0 spiro atoms. The third-order valence-corrected chi connectivity index (χ3v) is 5.20. The number of carbonyl (C=O) groups is 2. The second-order valence-corrected chi connectivity index (χ2v) is 6.89. The first-order valence-corrected chi connectivity index (χ1v) is 9.46. The summed E-state index contributed by atoms with van der Waals surface area (Å²) in [5, 5.41) is 0. The minimum atomic E-state index is -0.800. The largest absolute Gasteiger partial charge is 0.493 e. The van der Waals surface area contributed by atoms with Gasteiger partial charge in [0, 0.05) is 24.3 Å². The smallest absolute Gasteiger partial charge is 0.255 e. The number of fused-ring (bicyclic) bond motifs is 5. The van der Waals surface area contributed by atoms with Gasteiger partial charge in [-0.15, -0.1) is 0 Å². The summed E-state index contributed by atoms with van der Waals surface area (Å²) < 4.78 is 21.3. The highest BCUT2D eigenvalue weighted by molar-refractivity contribution is 6.51. The van der Waals surface area contributed by atoms with Gasteiger partial charge in [-0.2, -0.15) is 0 Å². The van der Waals surface area contributed by atoms with Crippen LogP contribution in [0.5, 0.6) is 23.0 Å². The molecule has 0 saturated carbocycles. The molecule has 0 amide bonds. The zero-order valence-electron chi connectivity index (χ0n) is 17.5. The van der Waals surface area contributed by atoms with E-state index in [4.69, 9.17) is 18.9 Å². The van der Waals surface area contributed by atoms with Gasteiger partial charge in [0.05, 0.1) is 50.5 Å². The van der Waals surface area contributed by atoms with Crippen molar-refractivity contribution in [3.63, 3.8) is 0 Å². The molecular weight excluding hydrogens is 416 g/mol. The van der Waals surface area contributed by atoms with Gasteiger partial charge in [-0.05, 0) is 0 Å². The van der Waals surface area contributed by atoms with Crippen LogP contribution in [-0.4, -0.2) is 59.9 Å². The van der Waals surface area contributed by atoms with Gasteiger partial charge in [-0.25, -0.2) is 19.9 Å². The fourth-order valence-electron chi connectivity index (χ4n) is 3.63. The van der Waals surface area contributed by atoms with Gasteiger partial charge in [0.2, 0.25) is 0 Å². The fraction of sp³-hybridized carbons (Fsp3) is 0.182. The number of ether oxygens (including phenoxy) is 4. The molecule has 0 aliphatic heterocycles. The third kappa shape index (κ3) is 2.73. The molecule has 4 aromatic rings. The minimum absolute atomic E-state index is 0.0867. The number of carbonyl (C=O) groups excluding carboxylic acids is 2. The first-order chi connectivity index (χ1) is 15.5. The summed E-state index contributed by atoms with van der Waals surface area (Å²) in [5.74, 6) is 0.159. The maximum absolute atomic E-state index is 12.8. The molecule has 10 heteroatoms. The molecule has 32 heavy (non-hydrogen) atoms. The van der Waals surface area contributed by atoms with Crippen molar-refractivity contribution in [3.05, 3.63) is 35.7 Å². The van der Waals surface area contributed by atoms with Crippen LogP contribution in [0.25, 0.3) is 33.5 Å². The summed E-state index contributed by atoms with van der Waals surface area (Å²) in [6.07, 6.45) is 0. The number of methoxy groups -OCH3 is 4. The zero-order valence-corrected chi connectivity index (χ0v) is 17.5.